The van der Waals surface area contributed by atoms with Crippen LogP contribution in [0.1, 0.15) is 22.6 Å². The second-order valence-electron chi connectivity index (χ2n) is 6.83. The summed E-state index contributed by atoms with van der Waals surface area (Å²) < 4.78 is 15.9. The van der Waals surface area contributed by atoms with Crippen LogP contribution >= 0.6 is 0 Å². The highest BCUT2D eigenvalue weighted by atomic mass is 16.7. The number of carbonyl (C=O) groups is 2. The Morgan fingerprint density at radius 1 is 0.867 bits per heavy atom. The second-order valence-corrected chi connectivity index (χ2v) is 6.83. The molecular formula is C24H21NO5. The number of carbonyl (C=O) groups excluding carboxylic acids is 2. The van der Waals surface area contributed by atoms with Crippen molar-refractivity contribution in [2.75, 3.05) is 13.4 Å². The van der Waals surface area contributed by atoms with E-state index in [9.17, 15) is 9.59 Å². The summed E-state index contributed by atoms with van der Waals surface area (Å²) in [4.78, 5) is 25.0. The van der Waals surface area contributed by atoms with Crippen molar-refractivity contribution < 1.29 is 23.8 Å². The summed E-state index contributed by atoms with van der Waals surface area (Å²) in [6.07, 6.45) is 0. The molecule has 30 heavy (non-hydrogen) atoms. The Morgan fingerprint density at radius 2 is 1.50 bits per heavy atom. The zero-order chi connectivity index (χ0) is 20.8. The van der Waals surface area contributed by atoms with Gasteiger partial charge in [-0.15, -0.1) is 0 Å². The predicted molar refractivity (Wildman–Crippen MR) is 110 cm³/mol. The summed E-state index contributed by atoms with van der Waals surface area (Å²) in [5, 5.41) is 2.75. The van der Waals surface area contributed by atoms with Gasteiger partial charge in [0, 0.05) is 6.54 Å². The van der Waals surface area contributed by atoms with Gasteiger partial charge >= 0.3 is 5.97 Å². The molecule has 1 N–H and O–H groups in total. The Morgan fingerprint density at radius 3 is 2.17 bits per heavy atom. The molecule has 152 valence electrons. The van der Waals surface area contributed by atoms with Crippen molar-refractivity contribution in [3.8, 4) is 11.5 Å². The third-order valence-electron chi connectivity index (χ3n) is 4.77. The van der Waals surface area contributed by atoms with Gasteiger partial charge in [-0.1, -0.05) is 66.7 Å². The standard InChI is InChI=1S/C24H21NO5/c26-22(25-14-17-11-12-20-21(13-17)30-16-29-20)15-28-24(27)23(18-7-3-1-4-8-18)19-9-5-2-6-10-19/h1-13,23H,14-16H2,(H,25,26). The van der Waals surface area contributed by atoms with Crippen LogP contribution in [0.3, 0.4) is 0 Å². The maximum absolute atomic E-state index is 12.8. The van der Waals surface area contributed by atoms with E-state index in [0.29, 0.717) is 18.0 Å². The monoisotopic (exact) mass is 403 g/mol. The zero-order valence-electron chi connectivity index (χ0n) is 16.2. The molecule has 3 aromatic rings. The van der Waals surface area contributed by atoms with Crippen LogP contribution in [-0.4, -0.2) is 25.3 Å². The number of esters is 1. The number of hydrogen-bond donors (Lipinski definition) is 1. The van der Waals surface area contributed by atoms with Crippen molar-refractivity contribution >= 4 is 11.9 Å². The highest BCUT2D eigenvalue weighted by molar-refractivity contribution is 5.85. The van der Waals surface area contributed by atoms with E-state index in [0.717, 1.165) is 16.7 Å². The first-order valence-corrected chi connectivity index (χ1v) is 9.62. The lowest BCUT2D eigenvalue weighted by molar-refractivity contribution is -0.149. The third kappa shape index (κ3) is 4.60. The average molecular weight is 403 g/mol. The molecule has 0 saturated carbocycles. The van der Waals surface area contributed by atoms with Crippen molar-refractivity contribution in [3.63, 3.8) is 0 Å². The van der Waals surface area contributed by atoms with Crippen molar-refractivity contribution in [2.45, 2.75) is 12.5 Å². The van der Waals surface area contributed by atoms with E-state index in [1.165, 1.54) is 0 Å². The van der Waals surface area contributed by atoms with Gasteiger partial charge in [0.15, 0.2) is 18.1 Å². The van der Waals surface area contributed by atoms with E-state index < -0.39 is 11.9 Å². The number of amides is 1. The molecular weight excluding hydrogens is 382 g/mol. The topological polar surface area (TPSA) is 73.9 Å². The molecule has 0 unspecified atom stereocenters. The van der Waals surface area contributed by atoms with Gasteiger partial charge < -0.3 is 19.5 Å². The van der Waals surface area contributed by atoms with Gasteiger partial charge in [-0.25, -0.2) is 0 Å². The lowest BCUT2D eigenvalue weighted by Crippen LogP contribution is -2.29. The van der Waals surface area contributed by atoms with Gasteiger partial charge in [0.1, 0.15) is 5.92 Å². The quantitative estimate of drug-likeness (QED) is 0.612. The Labute approximate surface area is 174 Å². The maximum atomic E-state index is 12.8. The molecule has 3 aromatic carbocycles. The maximum Gasteiger partial charge on any atom is 0.318 e. The zero-order valence-corrected chi connectivity index (χ0v) is 16.2. The Kier molecular flexibility index (Phi) is 5.94. The molecule has 0 fully saturated rings. The van der Waals surface area contributed by atoms with Gasteiger partial charge in [0.25, 0.3) is 5.91 Å². The van der Waals surface area contributed by atoms with Crippen molar-refractivity contribution in [3.05, 3.63) is 95.6 Å². The number of benzene rings is 3. The molecule has 0 spiro atoms. The summed E-state index contributed by atoms with van der Waals surface area (Å²) in [7, 11) is 0. The lowest BCUT2D eigenvalue weighted by atomic mass is 9.91. The molecule has 1 aliphatic rings. The van der Waals surface area contributed by atoms with Gasteiger partial charge in [0.05, 0.1) is 0 Å². The van der Waals surface area contributed by atoms with E-state index in [2.05, 4.69) is 5.32 Å². The Hall–Kier alpha value is -3.80. The minimum Gasteiger partial charge on any atom is -0.455 e. The smallest absolute Gasteiger partial charge is 0.318 e. The van der Waals surface area contributed by atoms with Gasteiger partial charge in [-0.05, 0) is 28.8 Å². The molecule has 4 rings (SSSR count). The molecule has 0 saturated heterocycles. The molecule has 0 radical (unpaired) electrons. The first-order valence-electron chi connectivity index (χ1n) is 9.62. The fourth-order valence-corrected chi connectivity index (χ4v) is 3.28. The van der Waals surface area contributed by atoms with Crippen LogP contribution in [-0.2, 0) is 20.9 Å². The van der Waals surface area contributed by atoms with Gasteiger partial charge in [-0.2, -0.15) is 0 Å². The van der Waals surface area contributed by atoms with E-state index in [1.807, 2.05) is 72.8 Å². The minimum absolute atomic E-state index is 0.199. The highest BCUT2D eigenvalue weighted by Gasteiger charge is 2.24. The van der Waals surface area contributed by atoms with E-state index in [-0.39, 0.29) is 19.3 Å². The Balaban J connectivity index is 1.35. The summed E-state index contributed by atoms with van der Waals surface area (Å²) in [5.41, 5.74) is 2.49. The Bertz CT molecular complexity index is 981. The SMILES string of the molecule is O=C(COC(=O)C(c1ccccc1)c1ccccc1)NCc1ccc2c(c1)OCO2. The summed E-state index contributed by atoms with van der Waals surface area (Å²) in [6, 6.07) is 24.2. The number of hydrogen-bond acceptors (Lipinski definition) is 5. The minimum atomic E-state index is -0.589. The van der Waals surface area contributed by atoms with E-state index in [4.69, 9.17) is 14.2 Å². The molecule has 6 heteroatoms. The summed E-state index contributed by atoms with van der Waals surface area (Å²) in [5.74, 6) is -0.0887. The van der Waals surface area contributed by atoms with Crippen molar-refractivity contribution in [2.24, 2.45) is 0 Å². The third-order valence-corrected chi connectivity index (χ3v) is 4.77. The summed E-state index contributed by atoms with van der Waals surface area (Å²) in [6.45, 7) is 0.151. The van der Waals surface area contributed by atoms with Crippen LogP contribution in [0, 0.1) is 0 Å². The van der Waals surface area contributed by atoms with Crippen molar-refractivity contribution in [1.82, 2.24) is 5.32 Å². The molecule has 0 aliphatic carbocycles. The van der Waals surface area contributed by atoms with Crippen LogP contribution in [0.4, 0.5) is 0 Å². The summed E-state index contributed by atoms with van der Waals surface area (Å²) >= 11 is 0. The van der Waals surface area contributed by atoms with Crippen LogP contribution in [0.15, 0.2) is 78.9 Å². The molecule has 1 amide bonds. The number of rotatable bonds is 7. The predicted octanol–water partition coefficient (Wildman–Crippen LogP) is 3.41. The first-order chi connectivity index (χ1) is 14.7. The van der Waals surface area contributed by atoms with E-state index in [1.54, 1.807) is 6.07 Å². The lowest BCUT2D eigenvalue weighted by Gasteiger charge is -2.17. The first kappa shape index (κ1) is 19.5. The molecule has 1 aliphatic heterocycles. The van der Waals surface area contributed by atoms with Crippen molar-refractivity contribution in [1.29, 1.82) is 0 Å². The molecule has 0 atom stereocenters. The largest absolute Gasteiger partial charge is 0.455 e. The normalized spacial score (nSPS) is 11.9. The molecule has 0 bridgehead atoms. The number of fused-ring (bicyclic) bond motifs is 1. The second kappa shape index (κ2) is 9.13. The van der Waals surface area contributed by atoms with Crippen LogP contribution in [0.5, 0.6) is 11.5 Å². The van der Waals surface area contributed by atoms with Crippen LogP contribution in [0.2, 0.25) is 0 Å². The van der Waals surface area contributed by atoms with Gasteiger partial charge in [0.2, 0.25) is 6.79 Å². The van der Waals surface area contributed by atoms with Gasteiger partial charge in [-0.3, -0.25) is 9.59 Å². The van der Waals surface area contributed by atoms with E-state index >= 15 is 0 Å². The molecule has 1 heterocycles. The van der Waals surface area contributed by atoms with Crippen LogP contribution < -0.4 is 14.8 Å². The molecule has 0 aromatic heterocycles. The van der Waals surface area contributed by atoms with Crippen LogP contribution in [0.25, 0.3) is 0 Å². The highest BCUT2D eigenvalue weighted by Crippen LogP contribution is 2.32. The fraction of sp³-hybridized carbons (Fsp3) is 0.167. The fourth-order valence-electron chi connectivity index (χ4n) is 3.28. The average Bonchev–Trinajstić information content (AvgIpc) is 3.26. The molecule has 6 nitrogen and oxygen atoms in total. The number of nitrogens with one attached hydrogen (secondary N) is 1. The number of ether oxygens (including phenoxy) is 3.